The molecule has 3 N–H and O–H groups in total. The summed E-state index contributed by atoms with van der Waals surface area (Å²) < 4.78 is 26.1. The fourth-order valence-electron chi connectivity index (χ4n) is 1.50. The van der Waals surface area contributed by atoms with Crippen LogP contribution in [0, 0.1) is 0 Å². The van der Waals surface area contributed by atoms with Gasteiger partial charge in [-0.25, -0.2) is 17.9 Å². The Kier molecular flexibility index (Phi) is 4.67. The maximum absolute atomic E-state index is 11.9. The third-order valence-electron chi connectivity index (χ3n) is 2.36. The number of benzene rings is 1. The number of hydrogen-bond acceptors (Lipinski definition) is 4. The Balaban J connectivity index is 2.90. The van der Waals surface area contributed by atoms with Gasteiger partial charge in [0.1, 0.15) is 0 Å². The third-order valence-corrected chi connectivity index (χ3v) is 3.93. The molecule has 1 aromatic rings. The highest BCUT2D eigenvalue weighted by Crippen LogP contribution is 2.11. The normalized spacial score (nSPS) is 12.4. The van der Waals surface area contributed by atoms with Crippen LogP contribution in [-0.4, -0.2) is 36.7 Å². The Morgan fingerprint density at radius 3 is 2.53 bits per heavy atom. The number of carboxylic acids is 1. The van der Waals surface area contributed by atoms with E-state index in [1.165, 1.54) is 24.3 Å². The molecule has 0 fully saturated rings. The van der Waals surface area contributed by atoms with Crippen molar-refractivity contribution in [1.29, 1.82) is 0 Å². The summed E-state index contributed by atoms with van der Waals surface area (Å²) in [6.07, 6.45) is 0. The van der Waals surface area contributed by atoms with E-state index in [0.29, 0.717) is 5.56 Å². The minimum absolute atomic E-state index is 0.0362. The molecule has 0 amide bonds. The molecule has 19 heavy (non-hydrogen) atoms. The second kappa shape index (κ2) is 5.68. The summed E-state index contributed by atoms with van der Waals surface area (Å²) in [5.74, 6) is -1.44. The van der Waals surface area contributed by atoms with Crippen LogP contribution in [0.3, 0.4) is 0 Å². The fourth-order valence-corrected chi connectivity index (χ4v) is 3.10. The van der Waals surface area contributed by atoms with Crippen LogP contribution in [0.4, 0.5) is 0 Å². The first-order valence-electron chi connectivity index (χ1n) is 5.60. The molecule has 1 aromatic carbocycles. The van der Waals surface area contributed by atoms with Crippen LogP contribution in [0.15, 0.2) is 24.3 Å². The van der Waals surface area contributed by atoms with Crippen molar-refractivity contribution in [2.75, 3.05) is 6.61 Å². The van der Waals surface area contributed by atoms with Crippen LogP contribution in [0.25, 0.3) is 0 Å². The second-order valence-electron chi connectivity index (χ2n) is 4.91. The summed E-state index contributed by atoms with van der Waals surface area (Å²) in [6.45, 7) is 2.78. The lowest BCUT2D eigenvalue weighted by molar-refractivity contribution is 0.0696. The number of carboxylic acid groups (broad SMARTS) is 1. The Morgan fingerprint density at radius 2 is 2.00 bits per heavy atom. The summed E-state index contributed by atoms with van der Waals surface area (Å²) in [5.41, 5.74) is -0.543. The maximum Gasteiger partial charge on any atom is 0.335 e. The average Bonchev–Trinajstić information content (AvgIpc) is 2.27. The lowest BCUT2D eigenvalue weighted by Gasteiger charge is -2.23. The average molecular weight is 287 g/mol. The molecule has 0 aromatic heterocycles. The number of hydrogen-bond donors (Lipinski definition) is 3. The smallest absolute Gasteiger partial charge is 0.335 e. The molecular weight excluding hydrogens is 270 g/mol. The summed E-state index contributed by atoms with van der Waals surface area (Å²) in [6, 6.07) is 5.74. The summed E-state index contributed by atoms with van der Waals surface area (Å²) in [5, 5.41) is 17.9. The maximum atomic E-state index is 11.9. The quantitative estimate of drug-likeness (QED) is 0.710. The molecule has 0 radical (unpaired) electrons. The molecule has 0 atom stereocenters. The second-order valence-corrected chi connectivity index (χ2v) is 6.63. The SMILES string of the molecule is CC(C)(CO)NS(=O)(=O)Cc1cccc(C(=O)O)c1. The zero-order chi connectivity index (χ0) is 14.7. The molecule has 106 valence electrons. The van der Waals surface area contributed by atoms with Gasteiger partial charge in [0.15, 0.2) is 0 Å². The number of carbonyl (C=O) groups is 1. The van der Waals surface area contributed by atoms with E-state index in [-0.39, 0.29) is 17.9 Å². The van der Waals surface area contributed by atoms with E-state index in [2.05, 4.69) is 4.72 Å². The van der Waals surface area contributed by atoms with Crippen LogP contribution in [0.5, 0.6) is 0 Å². The van der Waals surface area contributed by atoms with Gasteiger partial charge in [-0.2, -0.15) is 0 Å². The minimum atomic E-state index is -3.65. The molecule has 0 heterocycles. The monoisotopic (exact) mass is 287 g/mol. The number of aliphatic hydroxyl groups excluding tert-OH is 1. The number of rotatable bonds is 6. The molecule has 0 saturated heterocycles. The highest BCUT2D eigenvalue weighted by Gasteiger charge is 2.24. The van der Waals surface area contributed by atoms with E-state index < -0.39 is 21.5 Å². The topological polar surface area (TPSA) is 104 Å². The molecule has 6 nitrogen and oxygen atoms in total. The molecule has 0 aliphatic heterocycles. The van der Waals surface area contributed by atoms with Crippen molar-refractivity contribution in [2.45, 2.75) is 25.1 Å². The lowest BCUT2D eigenvalue weighted by atomic mass is 10.1. The van der Waals surface area contributed by atoms with Crippen molar-refractivity contribution in [3.05, 3.63) is 35.4 Å². The van der Waals surface area contributed by atoms with Gasteiger partial charge in [-0.1, -0.05) is 12.1 Å². The molecular formula is C12H17NO5S. The molecule has 0 saturated carbocycles. The van der Waals surface area contributed by atoms with Crippen molar-refractivity contribution in [1.82, 2.24) is 4.72 Å². The predicted molar refractivity (Wildman–Crippen MR) is 70.3 cm³/mol. The van der Waals surface area contributed by atoms with E-state index in [9.17, 15) is 13.2 Å². The summed E-state index contributed by atoms with van der Waals surface area (Å²) in [7, 11) is -3.65. The molecule has 0 unspecified atom stereocenters. The molecule has 0 spiro atoms. The van der Waals surface area contributed by atoms with Gasteiger partial charge in [0.05, 0.1) is 23.5 Å². The highest BCUT2D eigenvalue weighted by molar-refractivity contribution is 7.88. The molecule has 0 bridgehead atoms. The van der Waals surface area contributed by atoms with Crippen molar-refractivity contribution in [2.24, 2.45) is 0 Å². The summed E-state index contributed by atoms with van der Waals surface area (Å²) in [4.78, 5) is 10.8. The van der Waals surface area contributed by atoms with Crippen molar-refractivity contribution < 1.29 is 23.4 Å². The zero-order valence-electron chi connectivity index (χ0n) is 10.8. The summed E-state index contributed by atoms with van der Waals surface area (Å²) >= 11 is 0. The van der Waals surface area contributed by atoms with E-state index >= 15 is 0 Å². The Labute approximate surface area is 112 Å². The third kappa shape index (κ3) is 4.98. The molecule has 0 aliphatic carbocycles. The first-order chi connectivity index (χ1) is 8.65. The number of nitrogens with one attached hydrogen (secondary N) is 1. The Hall–Kier alpha value is -1.44. The predicted octanol–water partition coefficient (Wildman–Crippen LogP) is 0.575. The van der Waals surface area contributed by atoms with E-state index in [4.69, 9.17) is 10.2 Å². The van der Waals surface area contributed by atoms with Crippen LogP contribution in [0.2, 0.25) is 0 Å². The largest absolute Gasteiger partial charge is 0.478 e. The lowest BCUT2D eigenvalue weighted by Crippen LogP contribution is -2.46. The fraction of sp³-hybridized carbons (Fsp3) is 0.417. The van der Waals surface area contributed by atoms with E-state index in [1.54, 1.807) is 13.8 Å². The molecule has 7 heteroatoms. The zero-order valence-corrected chi connectivity index (χ0v) is 11.6. The first kappa shape index (κ1) is 15.6. The van der Waals surface area contributed by atoms with Crippen molar-refractivity contribution >= 4 is 16.0 Å². The van der Waals surface area contributed by atoms with Crippen LogP contribution in [0.1, 0.15) is 29.8 Å². The number of aromatic carboxylic acids is 1. The number of sulfonamides is 1. The molecule has 0 aliphatic rings. The Morgan fingerprint density at radius 1 is 1.37 bits per heavy atom. The van der Waals surface area contributed by atoms with Gasteiger partial charge in [-0.15, -0.1) is 0 Å². The van der Waals surface area contributed by atoms with Gasteiger partial charge >= 0.3 is 5.97 Å². The Bertz CT molecular complexity index is 565. The molecule has 1 rings (SSSR count). The van der Waals surface area contributed by atoms with Gasteiger partial charge in [0, 0.05) is 0 Å². The van der Waals surface area contributed by atoms with E-state index in [0.717, 1.165) is 0 Å². The highest BCUT2D eigenvalue weighted by atomic mass is 32.2. The van der Waals surface area contributed by atoms with Gasteiger partial charge in [-0.3, -0.25) is 0 Å². The van der Waals surface area contributed by atoms with Crippen molar-refractivity contribution in [3.8, 4) is 0 Å². The minimum Gasteiger partial charge on any atom is -0.478 e. The van der Waals surface area contributed by atoms with Gasteiger partial charge in [0.2, 0.25) is 10.0 Å². The standard InChI is InChI=1S/C12H17NO5S/c1-12(2,8-14)13-19(17,18)7-9-4-3-5-10(6-9)11(15)16/h3-6,13-14H,7-8H2,1-2H3,(H,15,16). The van der Waals surface area contributed by atoms with Crippen LogP contribution < -0.4 is 4.72 Å². The number of aliphatic hydroxyl groups is 1. The van der Waals surface area contributed by atoms with Crippen molar-refractivity contribution in [3.63, 3.8) is 0 Å². The van der Waals surface area contributed by atoms with Crippen LogP contribution in [-0.2, 0) is 15.8 Å². The van der Waals surface area contributed by atoms with Crippen LogP contribution >= 0.6 is 0 Å². The van der Waals surface area contributed by atoms with Gasteiger partial charge in [0.25, 0.3) is 0 Å². The first-order valence-corrected chi connectivity index (χ1v) is 7.25. The van der Waals surface area contributed by atoms with Gasteiger partial charge < -0.3 is 10.2 Å². The van der Waals surface area contributed by atoms with Gasteiger partial charge in [-0.05, 0) is 31.5 Å². The van der Waals surface area contributed by atoms with E-state index in [1.807, 2.05) is 0 Å².